The monoisotopic (exact) mass is 285 g/mol. The first-order valence-electron chi connectivity index (χ1n) is 6.06. The Labute approximate surface area is 117 Å². The van der Waals surface area contributed by atoms with Crippen molar-refractivity contribution >= 4 is 17.7 Å². The van der Waals surface area contributed by atoms with Gasteiger partial charge < -0.3 is 20.3 Å². The van der Waals surface area contributed by atoms with Gasteiger partial charge in [-0.15, -0.1) is 0 Å². The molecule has 0 amide bonds. The van der Waals surface area contributed by atoms with Crippen molar-refractivity contribution < 1.29 is 19.4 Å². The van der Waals surface area contributed by atoms with Crippen LogP contribution in [0.2, 0.25) is 0 Å². The zero-order valence-electron chi connectivity index (χ0n) is 10.9. The minimum atomic E-state index is -0.977. The molecule has 1 aromatic carbocycles. The molecule has 0 bridgehead atoms. The van der Waals surface area contributed by atoms with E-state index in [0.29, 0.717) is 30.5 Å². The van der Waals surface area contributed by atoms with E-state index in [4.69, 9.17) is 20.3 Å². The molecule has 6 heteroatoms. The third-order valence-corrected chi connectivity index (χ3v) is 3.30. The van der Waals surface area contributed by atoms with Crippen molar-refractivity contribution in [3.05, 3.63) is 24.3 Å². The molecule has 0 saturated carbocycles. The topological polar surface area (TPSA) is 81.8 Å². The number of rotatable bonds is 9. The molecule has 19 heavy (non-hydrogen) atoms. The van der Waals surface area contributed by atoms with E-state index in [9.17, 15) is 4.79 Å². The lowest BCUT2D eigenvalue weighted by Crippen LogP contribution is -2.32. The van der Waals surface area contributed by atoms with Gasteiger partial charge in [0.2, 0.25) is 0 Å². The molecule has 1 rings (SSSR count). The Bertz CT molecular complexity index is 400. The molecule has 106 valence electrons. The number of carboxylic acid groups (broad SMARTS) is 1. The van der Waals surface area contributed by atoms with Gasteiger partial charge in [0.1, 0.15) is 6.04 Å². The SMILES string of the molecule is CCOc1ccccc1OCCSC[C@@H](N)C(=O)O. The molecule has 0 heterocycles. The highest BCUT2D eigenvalue weighted by Gasteiger charge is 2.10. The fourth-order valence-electron chi connectivity index (χ4n) is 1.34. The number of aliphatic carboxylic acids is 1. The number of benzene rings is 1. The van der Waals surface area contributed by atoms with Crippen molar-refractivity contribution in [2.75, 3.05) is 24.7 Å². The highest BCUT2D eigenvalue weighted by atomic mass is 32.2. The van der Waals surface area contributed by atoms with Crippen LogP contribution < -0.4 is 15.2 Å². The molecule has 0 spiro atoms. The van der Waals surface area contributed by atoms with E-state index >= 15 is 0 Å². The van der Waals surface area contributed by atoms with Crippen LogP contribution in [0.4, 0.5) is 0 Å². The smallest absolute Gasteiger partial charge is 0.321 e. The van der Waals surface area contributed by atoms with Crippen molar-refractivity contribution in [2.24, 2.45) is 5.73 Å². The zero-order chi connectivity index (χ0) is 14.1. The lowest BCUT2D eigenvalue weighted by Gasteiger charge is -2.11. The third-order valence-electron chi connectivity index (χ3n) is 2.25. The molecule has 0 unspecified atom stereocenters. The molecular weight excluding hydrogens is 266 g/mol. The lowest BCUT2D eigenvalue weighted by atomic mass is 10.3. The summed E-state index contributed by atoms with van der Waals surface area (Å²) in [6.45, 7) is 2.99. The number of ether oxygens (including phenoxy) is 2. The van der Waals surface area contributed by atoms with Crippen LogP contribution in [0.1, 0.15) is 6.92 Å². The van der Waals surface area contributed by atoms with Gasteiger partial charge in [0, 0.05) is 11.5 Å². The van der Waals surface area contributed by atoms with E-state index in [1.807, 2.05) is 31.2 Å². The molecule has 0 saturated heterocycles. The summed E-state index contributed by atoms with van der Waals surface area (Å²) >= 11 is 1.46. The summed E-state index contributed by atoms with van der Waals surface area (Å²) in [5.41, 5.74) is 5.39. The third kappa shape index (κ3) is 5.85. The van der Waals surface area contributed by atoms with E-state index in [-0.39, 0.29) is 0 Å². The van der Waals surface area contributed by atoms with Gasteiger partial charge in [-0.3, -0.25) is 4.79 Å². The van der Waals surface area contributed by atoms with Gasteiger partial charge in [-0.2, -0.15) is 11.8 Å². The van der Waals surface area contributed by atoms with Crippen LogP contribution in [-0.2, 0) is 4.79 Å². The first-order chi connectivity index (χ1) is 9.15. The van der Waals surface area contributed by atoms with Crippen LogP contribution in [0, 0.1) is 0 Å². The van der Waals surface area contributed by atoms with Crippen LogP contribution in [0.15, 0.2) is 24.3 Å². The standard InChI is InChI=1S/C13H19NO4S/c1-2-17-11-5-3-4-6-12(11)18-7-8-19-9-10(14)13(15)16/h3-6,10H,2,7-9,14H2,1H3,(H,15,16)/t10-/m1/s1. The number of carbonyl (C=O) groups is 1. The second-order valence-electron chi connectivity index (χ2n) is 3.75. The van der Waals surface area contributed by atoms with Crippen molar-refractivity contribution in [3.63, 3.8) is 0 Å². The summed E-state index contributed by atoms with van der Waals surface area (Å²) < 4.78 is 11.0. The second-order valence-corrected chi connectivity index (χ2v) is 4.90. The van der Waals surface area contributed by atoms with Crippen molar-refractivity contribution in [1.29, 1.82) is 0 Å². The number of hydrogen-bond acceptors (Lipinski definition) is 5. The minimum absolute atomic E-state index is 0.381. The quantitative estimate of drug-likeness (QED) is 0.671. The van der Waals surface area contributed by atoms with Gasteiger partial charge in [-0.1, -0.05) is 12.1 Å². The molecule has 5 nitrogen and oxygen atoms in total. The van der Waals surface area contributed by atoms with E-state index in [1.165, 1.54) is 11.8 Å². The Balaban J connectivity index is 2.27. The van der Waals surface area contributed by atoms with E-state index in [0.717, 1.165) is 5.75 Å². The van der Waals surface area contributed by atoms with E-state index < -0.39 is 12.0 Å². The Morgan fingerprint density at radius 2 is 2.00 bits per heavy atom. The Morgan fingerprint density at radius 3 is 2.58 bits per heavy atom. The van der Waals surface area contributed by atoms with Crippen LogP contribution in [-0.4, -0.2) is 41.8 Å². The summed E-state index contributed by atoms with van der Waals surface area (Å²) in [6.07, 6.45) is 0. The lowest BCUT2D eigenvalue weighted by molar-refractivity contribution is -0.137. The fourth-order valence-corrected chi connectivity index (χ4v) is 2.10. The van der Waals surface area contributed by atoms with Crippen LogP contribution >= 0.6 is 11.8 Å². The number of thioether (sulfide) groups is 1. The van der Waals surface area contributed by atoms with Crippen molar-refractivity contribution in [1.82, 2.24) is 0 Å². The maximum Gasteiger partial charge on any atom is 0.321 e. The van der Waals surface area contributed by atoms with Gasteiger partial charge in [0.25, 0.3) is 0 Å². The Kier molecular flexibility index (Phi) is 7.14. The molecule has 0 radical (unpaired) electrons. The second kappa shape index (κ2) is 8.66. The maximum atomic E-state index is 10.5. The number of nitrogens with two attached hydrogens (primary N) is 1. The molecule has 0 aromatic heterocycles. The van der Waals surface area contributed by atoms with E-state index in [2.05, 4.69) is 0 Å². The summed E-state index contributed by atoms with van der Waals surface area (Å²) in [7, 11) is 0. The van der Waals surface area contributed by atoms with Crippen molar-refractivity contribution in [2.45, 2.75) is 13.0 Å². The molecule has 0 aliphatic heterocycles. The average molecular weight is 285 g/mol. The Morgan fingerprint density at radius 1 is 1.37 bits per heavy atom. The normalized spacial score (nSPS) is 11.9. The highest BCUT2D eigenvalue weighted by Crippen LogP contribution is 2.26. The summed E-state index contributed by atoms with van der Waals surface area (Å²) in [4.78, 5) is 10.5. The predicted octanol–water partition coefficient (Wildman–Crippen LogP) is 1.61. The first-order valence-corrected chi connectivity index (χ1v) is 7.21. The molecule has 3 N–H and O–H groups in total. The molecule has 0 aliphatic carbocycles. The van der Waals surface area contributed by atoms with E-state index in [1.54, 1.807) is 0 Å². The average Bonchev–Trinajstić information content (AvgIpc) is 2.40. The largest absolute Gasteiger partial charge is 0.490 e. The molecular formula is C13H19NO4S. The van der Waals surface area contributed by atoms with Gasteiger partial charge >= 0.3 is 5.97 Å². The van der Waals surface area contributed by atoms with Gasteiger partial charge in [-0.25, -0.2) is 0 Å². The first kappa shape index (κ1) is 15.7. The number of carboxylic acids is 1. The zero-order valence-corrected chi connectivity index (χ0v) is 11.7. The molecule has 1 aromatic rings. The summed E-state index contributed by atoms with van der Waals surface area (Å²) in [5, 5.41) is 8.63. The minimum Gasteiger partial charge on any atom is -0.490 e. The summed E-state index contributed by atoms with van der Waals surface area (Å²) in [5.74, 6) is 1.51. The number of hydrogen-bond donors (Lipinski definition) is 2. The van der Waals surface area contributed by atoms with Crippen LogP contribution in [0.5, 0.6) is 11.5 Å². The van der Waals surface area contributed by atoms with Gasteiger partial charge in [-0.05, 0) is 19.1 Å². The van der Waals surface area contributed by atoms with Gasteiger partial charge in [0.15, 0.2) is 11.5 Å². The highest BCUT2D eigenvalue weighted by molar-refractivity contribution is 7.99. The molecule has 0 fully saturated rings. The predicted molar refractivity (Wildman–Crippen MR) is 76.0 cm³/mol. The number of para-hydroxylation sites is 2. The van der Waals surface area contributed by atoms with Crippen LogP contribution in [0.25, 0.3) is 0 Å². The fraction of sp³-hybridized carbons (Fsp3) is 0.462. The van der Waals surface area contributed by atoms with Crippen molar-refractivity contribution in [3.8, 4) is 11.5 Å². The van der Waals surface area contributed by atoms with Crippen LogP contribution in [0.3, 0.4) is 0 Å². The van der Waals surface area contributed by atoms with Gasteiger partial charge in [0.05, 0.1) is 13.2 Å². The maximum absolute atomic E-state index is 10.5. The summed E-state index contributed by atoms with van der Waals surface area (Å²) in [6, 6.07) is 6.65. The molecule has 1 atom stereocenters. The Hall–Kier alpha value is -1.40. The molecule has 0 aliphatic rings.